The van der Waals surface area contributed by atoms with Crippen LogP contribution in [0.2, 0.25) is 0 Å². The van der Waals surface area contributed by atoms with Crippen LogP contribution in [0.5, 0.6) is 5.75 Å². The van der Waals surface area contributed by atoms with E-state index in [0.29, 0.717) is 0 Å². The van der Waals surface area contributed by atoms with E-state index in [1.165, 1.54) is 31.4 Å². The molecule has 0 amide bonds. The molecule has 2 aromatic rings. The van der Waals surface area contributed by atoms with E-state index in [4.69, 9.17) is 10.5 Å². The summed E-state index contributed by atoms with van der Waals surface area (Å²) in [6.07, 6.45) is 0. The second-order valence-corrected chi connectivity index (χ2v) is 3.88. The molecule has 2 N–H and O–H groups in total. The Bertz CT molecular complexity index is 641. The zero-order chi connectivity index (χ0) is 14.0. The number of nitrogens with two attached hydrogens (primary N) is 1. The van der Waals surface area contributed by atoms with Crippen molar-refractivity contribution < 1.29 is 18.3 Å². The van der Waals surface area contributed by atoms with Crippen molar-refractivity contribution in [2.75, 3.05) is 12.8 Å². The minimum absolute atomic E-state index is 0.00935. The summed E-state index contributed by atoms with van der Waals surface area (Å²) in [5, 5.41) is 0. The zero-order valence-electron chi connectivity index (χ0n) is 10.1. The minimum Gasteiger partial charge on any atom is -0.496 e. The Kier molecular flexibility index (Phi) is 3.46. The molecular formula is C14H11F2NO2. The summed E-state index contributed by atoms with van der Waals surface area (Å²) in [4.78, 5) is 12.2. The van der Waals surface area contributed by atoms with Gasteiger partial charge in [0, 0.05) is 5.56 Å². The zero-order valence-corrected chi connectivity index (χ0v) is 10.1. The molecule has 0 aliphatic carbocycles. The van der Waals surface area contributed by atoms with Crippen LogP contribution in [0.3, 0.4) is 0 Å². The molecule has 0 aliphatic heterocycles. The fourth-order valence-electron chi connectivity index (χ4n) is 1.71. The molecule has 0 aromatic heterocycles. The second kappa shape index (κ2) is 5.06. The van der Waals surface area contributed by atoms with E-state index in [0.717, 1.165) is 12.1 Å². The summed E-state index contributed by atoms with van der Waals surface area (Å²) in [6.45, 7) is 0. The summed E-state index contributed by atoms with van der Waals surface area (Å²) >= 11 is 0. The molecule has 0 bridgehead atoms. The quantitative estimate of drug-likeness (QED) is 0.684. The van der Waals surface area contributed by atoms with Crippen molar-refractivity contribution in [3.63, 3.8) is 0 Å². The number of methoxy groups -OCH3 is 1. The molecule has 2 aromatic carbocycles. The van der Waals surface area contributed by atoms with E-state index in [1.54, 1.807) is 0 Å². The van der Waals surface area contributed by atoms with Crippen molar-refractivity contribution in [1.82, 2.24) is 0 Å². The van der Waals surface area contributed by atoms with E-state index in [-0.39, 0.29) is 22.6 Å². The third kappa shape index (κ3) is 2.40. The molecule has 5 heteroatoms. The highest BCUT2D eigenvalue weighted by atomic mass is 19.1. The Morgan fingerprint density at radius 1 is 1.16 bits per heavy atom. The van der Waals surface area contributed by atoms with Gasteiger partial charge in [0.25, 0.3) is 0 Å². The van der Waals surface area contributed by atoms with Gasteiger partial charge < -0.3 is 10.5 Å². The number of benzene rings is 2. The second-order valence-electron chi connectivity index (χ2n) is 3.88. The van der Waals surface area contributed by atoms with Crippen molar-refractivity contribution in [2.24, 2.45) is 0 Å². The first-order chi connectivity index (χ1) is 9.04. The summed E-state index contributed by atoms with van der Waals surface area (Å²) in [5.41, 5.74) is 5.04. The van der Waals surface area contributed by atoms with Crippen LogP contribution in [-0.4, -0.2) is 12.9 Å². The fourth-order valence-corrected chi connectivity index (χ4v) is 1.71. The molecule has 0 radical (unpaired) electrons. The van der Waals surface area contributed by atoms with Crippen molar-refractivity contribution >= 4 is 11.5 Å². The number of nitrogen functional groups attached to an aromatic ring is 1. The lowest BCUT2D eigenvalue weighted by molar-refractivity contribution is 0.103. The molecule has 0 fully saturated rings. The monoisotopic (exact) mass is 263 g/mol. The number of rotatable bonds is 3. The topological polar surface area (TPSA) is 52.3 Å². The van der Waals surface area contributed by atoms with Crippen LogP contribution in [0.15, 0.2) is 36.4 Å². The van der Waals surface area contributed by atoms with Crippen molar-refractivity contribution in [2.45, 2.75) is 0 Å². The molecular weight excluding hydrogens is 252 g/mol. The van der Waals surface area contributed by atoms with Crippen LogP contribution in [-0.2, 0) is 0 Å². The predicted molar refractivity (Wildman–Crippen MR) is 67.2 cm³/mol. The first kappa shape index (κ1) is 13.0. The molecule has 0 saturated heterocycles. The van der Waals surface area contributed by atoms with E-state index < -0.39 is 17.4 Å². The number of ether oxygens (including phenoxy) is 1. The molecule has 0 saturated carbocycles. The van der Waals surface area contributed by atoms with Gasteiger partial charge in [-0.3, -0.25) is 4.79 Å². The normalized spacial score (nSPS) is 10.3. The van der Waals surface area contributed by atoms with Crippen LogP contribution < -0.4 is 10.5 Å². The average Bonchev–Trinajstić information content (AvgIpc) is 2.40. The smallest absolute Gasteiger partial charge is 0.199 e. The van der Waals surface area contributed by atoms with Crippen molar-refractivity contribution in [3.05, 3.63) is 59.2 Å². The highest BCUT2D eigenvalue weighted by Gasteiger charge is 2.19. The van der Waals surface area contributed by atoms with Gasteiger partial charge in [0.15, 0.2) is 5.78 Å². The highest BCUT2D eigenvalue weighted by molar-refractivity contribution is 6.11. The third-order valence-corrected chi connectivity index (χ3v) is 2.68. The minimum atomic E-state index is -0.721. The number of ketones is 1. The molecule has 0 heterocycles. The van der Waals surface area contributed by atoms with Crippen LogP contribution >= 0.6 is 0 Å². The largest absolute Gasteiger partial charge is 0.496 e. The van der Waals surface area contributed by atoms with Gasteiger partial charge in [-0.15, -0.1) is 0 Å². The van der Waals surface area contributed by atoms with Gasteiger partial charge in [-0.1, -0.05) is 6.07 Å². The maximum Gasteiger partial charge on any atom is 0.199 e. The Morgan fingerprint density at radius 3 is 2.53 bits per heavy atom. The van der Waals surface area contributed by atoms with Crippen LogP contribution in [0, 0.1) is 11.6 Å². The van der Waals surface area contributed by atoms with E-state index in [9.17, 15) is 13.6 Å². The lowest BCUT2D eigenvalue weighted by Gasteiger charge is -2.09. The first-order valence-corrected chi connectivity index (χ1v) is 5.47. The summed E-state index contributed by atoms with van der Waals surface area (Å²) in [7, 11) is 1.33. The highest BCUT2D eigenvalue weighted by Crippen LogP contribution is 2.25. The average molecular weight is 263 g/mol. The fraction of sp³-hybridized carbons (Fsp3) is 0.0714. The summed E-state index contributed by atoms with van der Waals surface area (Å²) in [6, 6.07) is 7.61. The Labute approximate surface area is 108 Å². The number of carbonyl (C=O) groups is 1. The first-order valence-electron chi connectivity index (χ1n) is 5.47. The number of hydrogen-bond donors (Lipinski definition) is 1. The van der Waals surface area contributed by atoms with Gasteiger partial charge in [0.1, 0.15) is 22.9 Å². The SMILES string of the molecule is COc1cccc(F)c1C(=O)c1ccc(N)c(F)c1. The van der Waals surface area contributed by atoms with Gasteiger partial charge in [-0.05, 0) is 30.3 Å². The number of carbonyl (C=O) groups excluding carboxylic acids is 1. The van der Waals surface area contributed by atoms with Crippen LogP contribution in [0.4, 0.5) is 14.5 Å². The Balaban J connectivity index is 2.52. The van der Waals surface area contributed by atoms with Crippen LogP contribution in [0.1, 0.15) is 15.9 Å². The third-order valence-electron chi connectivity index (χ3n) is 2.68. The lowest BCUT2D eigenvalue weighted by atomic mass is 10.0. The summed E-state index contributed by atoms with van der Waals surface area (Å²) in [5.74, 6) is -2.00. The number of halogens is 2. The maximum atomic E-state index is 13.7. The van der Waals surface area contributed by atoms with Gasteiger partial charge in [-0.25, -0.2) is 8.78 Å². The van der Waals surface area contributed by atoms with Gasteiger partial charge in [-0.2, -0.15) is 0 Å². The standard InChI is InChI=1S/C14H11F2NO2/c1-19-12-4-2-3-9(15)13(12)14(18)8-5-6-11(17)10(16)7-8/h2-7H,17H2,1H3. The Hall–Kier alpha value is -2.43. The molecule has 0 aliphatic rings. The molecule has 0 atom stereocenters. The molecule has 0 spiro atoms. The predicted octanol–water partition coefficient (Wildman–Crippen LogP) is 2.79. The van der Waals surface area contributed by atoms with Crippen molar-refractivity contribution in [1.29, 1.82) is 0 Å². The van der Waals surface area contributed by atoms with Crippen molar-refractivity contribution in [3.8, 4) is 5.75 Å². The van der Waals surface area contributed by atoms with Gasteiger partial charge in [0.05, 0.1) is 12.8 Å². The lowest BCUT2D eigenvalue weighted by Crippen LogP contribution is -2.07. The molecule has 19 heavy (non-hydrogen) atoms. The molecule has 98 valence electrons. The molecule has 0 unspecified atom stereocenters. The van der Waals surface area contributed by atoms with Crippen LogP contribution in [0.25, 0.3) is 0 Å². The number of anilines is 1. The molecule has 3 nitrogen and oxygen atoms in total. The maximum absolute atomic E-state index is 13.7. The Morgan fingerprint density at radius 2 is 1.89 bits per heavy atom. The van der Waals surface area contributed by atoms with Gasteiger partial charge in [0.2, 0.25) is 0 Å². The van der Waals surface area contributed by atoms with E-state index >= 15 is 0 Å². The van der Waals surface area contributed by atoms with Gasteiger partial charge >= 0.3 is 0 Å². The summed E-state index contributed by atoms with van der Waals surface area (Å²) < 4.78 is 32.0. The molecule has 2 rings (SSSR count). The van der Waals surface area contributed by atoms with E-state index in [1.807, 2.05) is 0 Å². The number of hydrogen-bond acceptors (Lipinski definition) is 3. The van der Waals surface area contributed by atoms with E-state index in [2.05, 4.69) is 0 Å².